The Morgan fingerprint density at radius 1 is 1.36 bits per heavy atom. The Morgan fingerprint density at radius 2 is 2.16 bits per heavy atom. The second-order valence-corrected chi connectivity index (χ2v) is 6.55. The Labute approximate surface area is 148 Å². The van der Waals surface area contributed by atoms with Gasteiger partial charge in [0.25, 0.3) is 0 Å². The minimum atomic E-state index is -0.161. The molecule has 1 aromatic heterocycles. The summed E-state index contributed by atoms with van der Waals surface area (Å²) in [6, 6.07) is 11.7. The van der Waals surface area contributed by atoms with Crippen LogP contribution in [0.4, 0.5) is 5.95 Å². The van der Waals surface area contributed by atoms with Crippen LogP contribution in [0.1, 0.15) is 36.9 Å². The van der Waals surface area contributed by atoms with Crippen LogP contribution in [0.15, 0.2) is 42.6 Å². The molecule has 1 saturated heterocycles. The lowest BCUT2D eigenvalue weighted by atomic mass is 9.93. The lowest BCUT2D eigenvalue weighted by Gasteiger charge is -2.35. The Hall–Kier alpha value is -2.47. The number of anilines is 1. The van der Waals surface area contributed by atoms with E-state index in [4.69, 9.17) is 5.73 Å². The molecular weight excluding hydrogens is 314 g/mol. The summed E-state index contributed by atoms with van der Waals surface area (Å²) in [7, 11) is 0. The number of likely N-dealkylation sites (tertiary alicyclic amines) is 1. The third kappa shape index (κ3) is 4.54. The molecule has 0 saturated carbocycles. The summed E-state index contributed by atoms with van der Waals surface area (Å²) >= 11 is 0. The number of nitrogen functional groups attached to an aromatic ring is 1. The third-order valence-electron chi connectivity index (χ3n) is 4.80. The largest absolute Gasteiger partial charge is 0.368 e. The molecule has 6 nitrogen and oxygen atoms in total. The van der Waals surface area contributed by atoms with Crippen molar-refractivity contribution >= 4 is 11.9 Å². The Balaban J connectivity index is 1.57. The molecule has 2 atom stereocenters. The smallest absolute Gasteiger partial charge is 0.237 e. The number of nitrogens with two attached hydrogens (primary N) is 1. The van der Waals surface area contributed by atoms with Crippen LogP contribution in [0.5, 0.6) is 0 Å². The van der Waals surface area contributed by atoms with Crippen molar-refractivity contribution in [3.8, 4) is 0 Å². The predicted molar refractivity (Wildman–Crippen MR) is 97.7 cm³/mol. The van der Waals surface area contributed by atoms with Crippen molar-refractivity contribution in [3.05, 3.63) is 53.9 Å². The zero-order chi connectivity index (χ0) is 17.6. The van der Waals surface area contributed by atoms with E-state index in [-0.39, 0.29) is 11.9 Å². The van der Waals surface area contributed by atoms with Gasteiger partial charge < -0.3 is 11.1 Å². The van der Waals surface area contributed by atoms with Crippen LogP contribution in [-0.4, -0.2) is 39.9 Å². The summed E-state index contributed by atoms with van der Waals surface area (Å²) in [6.45, 7) is 4.27. The van der Waals surface area contributed by atoms with Gasteiger partial charge in [-0.2, -0.15) is 0 Å². The molecule has 3 rings (SSSR count). The van der Waals surface area contributed by atoms with Crippen LogP contribution in [0.2, 0.25) is 0 Å². The molecule has 1 aromatic carbocycles. The molecule has 1 aliphatic rings. The topological polar surface area (TPSA) is 84.1 Å². The van der Waals surface area contributed by atoms with E-state index in [1.54, 1.807) is 6.20 Å². The Bertz CT molecular complexity index is 706. The zero-order valence-corrected chi connectivity index (χ0v) is 14.6. The molecule has 2 aromatic rings. The van der Waals surface area contributed by atoms with Gasteiger partial charge >= 0.3 is 0 Å². The van der Waals surface area contributed by atoms with E-state index in [0.29, 0.717) is 18.4 Å². The molecular formula is C19H25N5O. The molecule has 2 heterocycles. The number of hydrogen-bond acceptors (Lipinski definition) is 5. The summed E-state index contributed by atoms with van der Waals surface area (Å²) in [5, 5.41) is 3.03. The van der Waals surface area contributed by atoms with Crippen molar-refractivity contribution in [2.45, 2.75) is 38.3 Å². The summed E-state index contributed by atoms with van der Waals surface area (Å²) in [4.78, 5) is 23.1. The number of carbonyl (C=O) groups is 1. The monoisotopic (exact) mass is 339 g/mol. The van der Waals surface area contributed by atoms with Gasteiger partial charge in [-0.25, -0.2) is 9.97 Å². The maximum absolute atomic E-state index is 12.5. The number of piperidine rings is 1. The minimum Gasteiger partial charge on any atom is -0.368 e. The minimum absolute atomic E-state index is 0.0618. The first-order valence-corrected chi connectivity index (χ1v) is 8.77. The van der Waals surface area contributed by atoms with E-state index in [2.05, 4.69) is 20.2 Å². The number of aromatic nitrogens is 2. The van der Waals surface area contributed by atoms with E-state index < -0.39 is 0 Å². The molecule has 1 fully saturated rings. The lowest BCUT2D eigenvalue weighted by Crippen LogP contribution is -2.48. The highest BCUT2D eigenvalue weighted by Gasteiger charge is 2.28. The van der Waals surface area contributed by atoms with Crippen molar-refractivity contribution in [3.63, 3.8) is 0 Å². The van der Waals surface area contributed by atoms with Gasteiger partial charge in [0.2, 0.25) is 11.9 Å². The molecule has 1 amide bonds. The molecule has 0 bridgehead atoms. The predicted octanol–water partition coefficient (Wildman–Crippen LogP) is 1.94. The van der Waals surface area contributed by atoms with E-state index in [1.807, 2.05) is 43.3 Å². The van der Waals surface area contributed by atoms with E-state index in [9.17, 15) is 4.79 Å². The van der Waals surface area contributed by atoms with Gasteiger partial charge in [-0.05, 0) is 37.9 Å². The van der Waals surface area contributed by atoms with Gasteiger partial charge in [0.05, 0.1) is 11.7 Å². The second-order valence-electron chi connectivity index (χ2n) is 6.55. The zero-order valence-electron chi connectivity index (χ0n) is 14.6. The normalized spacial score (nSPS) is 19.3. The highest BCUT2D eigenvalue weighted by Crippen LogP contribution is 2.26. The fourth-order valence-corrected chi connectivity index (χ4v) is 3.31. The van der Waals surface area contributed by atoms with Crippen LogP contribution >= 0.6 is 0 Å². The van der Waals surface area contributed by atoms with E-state index in [0.717, 1.165) is 37.2 Å². The molecule has 0 radical (unpaired) electrons. The van der Waals surface area contributed by atoms with Gasteiger partial charge in [0, 0.05) is 25.2 Å². The maximum atomic E-state index is 12.5. The van der Waals surface area contributed by atoms with Crippen molar-refractivity contribution < 1.29 is 4.79 Å². The van der Waals surface area contributed by atoms with Gasteiger partial charge in [-0.15, -0.1) is 0 Å². The van der Waals surface area contributed by atoms with Crippen LogP contribution in [0, 0.1) is 0 Å². The van der Waals surface area contributed by atoms with Crippen LogP contribution in [0.3, 0.4) is 0 Å². The second kappa shape index (κ2) is 8.07. The number of nitrogens with zero attached hydrogens (tertiary/aromatic N) is 3. The van der Waals surface area contributed by atoms with Crippen molar-refractivity contribution in [2.75, 3.05) is 18.8 Å². The summed E-state index contributed by atoms with van der Waals surface area (Å²) in [5.41, 5.74) is 7.78. The summed E-state index contributed by atoms with van der Waals surface area (Å²) in [6.07, 6.45) is 3.81. The lowest BCUT2D eigenvalue weighted by molar-refractivity contribution is -0.126. The van der Waals surface area contributed by atoms with Gasteiger partial charge in [-0.3, -0.25) is 9.69 Å². The molecule has 0 spiro atoms. The molecule has 0 aliphatic carbocycles. The molecule has 0 unspecified atom stereocenters. The first kappa shape index (κ1) is 17.4. The van der Waals surface area contributed by atoms with Crippen molar-refractivity contribution in [2.24, 2.45) is 0 Å². The Kier molecular flexibility index (Phi) is 5.60. The summed E-state index contributed by atoms with van der Waals surface area (Å²) in [5.74, 6) is 0.665. The Morgan fingerprint density at radius 3 is 2.92 bits per heavy atom. The quantitative estimate of drug-likeness (QED) is 0.870. The molecule has 132 valence electrons. The van der Waals surface area contributed by atoms with Crippen molar-refractivity contribution in [1.29, 1.82) is 0 Å². The van der Waals surface area contributed by atoms with Gasteiger partial charge in [-0.1, -0.05) is 30.3 Å². The number of amides is 1. The number of nitrogens with one attached hydrogen (secondary N) is 1. The molecule has 6 heteroatoms. The maximum Gasteiger partial charge on any atom is 0.237 e. The van der Waals surface area contributed by atoms with Gasteiger partial charge in [0.15, 0.2) is 0 Å². The average Bonchev–Trinajstić information content (AvgIpc) is 2.66. The number of rotatable bonds is 5. The SMILES string of the molecule is C[C@@H](C(=O)NCc1ccccc1)N1CCC[C@H](c2ccnc(N)n2)C1. The van der Waals surface area contributed by atoms with Crippen LogP contribution in [0.25, 0.3) is 0 Å². The number of carbonyl (C=O) groups excluding carboxylic acids is 1. The third-order valence-corrected chi connectivity index (χ3v) is 4.80. The van der Waals surface area contributed by atoms with Crippen molar-refractivity contribution in [1.82, 2.24) is 20.2 Å². The first-order chi connectivity index (χ1) is 12.1. The first-order valence-electron chi connectivity index (χ1n) is 8.77. The van der Waals surface area contributed by atoms with Gasteiger partial charge in [0.1, 0.15) is 0 Å². The van der Waals surface area contributed by atoms with E-state index >= 15 is 0 Å². The fraction of sp³-hybridized carbons (Fsp3) is 0.421. The average molecular weight is 339 g/mol. The highest BCUT2D eigenvalue weighted by molar-refractivity contribution is 5.81. The summed E-state index contributed by atoms with van der Waals surface area (Å²) < 4.78 is 0. The number of benzene rings is 1. The molecule has 1 aliphatic heterocycles. The number of hydrogen-bond donors (Lipinski definition) is 2. The van der Waals surface area contributed by atoms with Crippen LogP contribution < -0.4 is 11.1 Å². The van der Waals surface area contributed by atoms with Crippen LogP contribution in [-0.2, 0) is 11.3 Å². The standard InChI is InChI=1S/C19H25N5O/c1-14(18(25)22-12-15-6-3-2-4-7-15)24-11-5-8-16(13-24)17-9-10-21-19(20)23-17/h2-4,6-7,9-10,14,16H,5,8,11-13H2,1H3,(H,22,25)(H2,20,21,23)/t14-,16-/m0/s1. The fourth-order valence-electron chi connectivity index (χ4n) is 3.31. The molecule has 25 heavy (non-hydrogen) atoms. The molecule has 3 N–H and O–H groups in total. The van der Waals surface area contributed by atoms with E-state index in [1.165, 1.54) is 0 Å². The highest BCUT2D eigenvalue weighted by atomic mass is 16.2.